The molecule has 1 heterocycles. The SMILES string of the molecule is CCCC(Cc1ccc(OC)c(OC2CCCC2)c1)C1=CC=NCC1. The fraction of sp³-hybridized carbons (Fsp3) is 0.591. The summed E-state index contributed by atoms with van der Waals surface area (Å²) in [7, 11) is 1.72. The normalized spacial score (nSPS) is 18.9. The van der Waals surface area contributed by atoms with E-state index in [4.69, 9.17) is 9.47 Å². The number of allylic oxidation sites excluding steroid dienone is 1. The smallest absolute Gasteiger partial charge is 0.161 e. The molecule has 2 aliphatic rings. The Morgan fingerprint density at radius 3 is 2.72 bits per heavy atom. The van der Waals surface area contributed by atoms with Crippen molar-refractivity contribution in [2.75, 3.05) is 13.7 Å². The number of rotatable bonds is 8. The molecule has 0 bridgehead atoms. The van der Waals surface area contributed by atoms with E-state index in [1.807, 2.05) is 6.21 Å². The topological polar surface area (TPSA) is 30.8 Å². The van der Waals surface area contributed by atoms with E-state index in [0.717, 1.165) is 43.7 Å². The van der Waals surface area contributed by atoms with Gasteiger partial charge in [-0.2, -0.15) is 0 Å². The first-order valence-corrected chi connectivity index (χ1v) is 9.82. The van der Waals surface area contributed by atoms with Crippen molar-refractivity contribution in [1.29, 1.82) is 0 Å². The second-order valence-corrected chi connectivity index (χ2v) is 7.25. The highest BCUT2D eigenvalue weighted by molar-refractivity contribution is 5.73. The lowest BCUT2D eigenvalue weighted by Gasteiger charge is -2.22. The highest BCUT2D eigenvalue weighted by atomic mass is 16.5. The second-order valence-electron chi connectivity index (χ2n) is 7.25. The van der Waals surface area contributed by atoms with Crippen LogP contribution in [0, 0.1) is 5.92 Å². The Labute approximate surface area is 152 Å². The summed E-state index contributed by atoms with van der Waals surface area (Å²) in [6.45, 7) is 3.21. The molecule has 1 fully saturated rings. The van der Waals surface area contributed by atoms with Crippen molar-refractivity contribution in [2.24, 2.45) is 10.9 Å². The number of dihydropyridines is 1. The first-order valence-electron chi connectivity index (χ1n) is 9.82. The fourth-order valence-corrected chi connectivity index (χ4v) is 4.02. The van der Waals surface area contributed by atoms with Crippen LogP contribution in [0.25, 0.3) is 0 Å². The third kappa shape index (κ3) is 4.87. The van der Waals surface area contributed by atoms with Gasteiger partial charge in [-0.3, -0.25) is 4.99 Å². The number of benzene rings is 1. The van der Waals surface area contributed by atoms with Gasteiger partial charge < -0.3 is 9.47 Å². The van der Waals surface area contributed by atoms with E-state index in [1.165, 1.54) is 31.2 Å². The van der Waals surface area contributed by atoms with Gasteiger partial charge in [0.05, 0.1) is 13.2 Å². The Bertz CT molecular complexity index is 614. The van der Waals surface area contributed by atoms with Crippen LogP contribution in [0.5, 0.6) is 11.5 Å². The van der Waals surface area contributed by atoms with Gasteiger partial charge in [0.1, 0.15) is 0 Å². The molecule has 25 heavy (non-hydrogen) atoms. The van der Waals surface area contributed by atoms with E-state index in [9.17, 15) is 0 Å². The zero-order valence-corrected chi connectivity index (χ0v) is 15.7. The van der Waals surface area contributed by atoms with E-state index in [2.05, 4.69) is 36.2 Å². The molecule has 0 amide bonds. The maximum Gasteiger partial charge on any atom is 0.161 e. The van der Waals surface area contributed by atoms with Crippen LogP contribution in [-0.4, -0.2) is 26.0 Å². The summed E-state index contributed by atoms with van der Waals surface area (Å²) in [5, 5.41) is 0. The van der Waals surface area contributed by atoms with Crippen molar-refractivity contribution in [3.63, 3.8) is 0 Å². The molecular formula is C22H31NO2. The minimum atomic E-state index is 0.354. The number of nitrogens with zero attached hydrogens (tertiary/aromatic N) is 1. The van der Waals surface area contributed by atoms with Gasteiger partial charge in [-0.05, 0) is 74.6 Å². The van der Waals surface area contributed by atoms with Crippen LogP contribution in [0.3, 0.4) is 0 Å². The lowest BCUT2D eigenvalue weighted by atomic mass is 9.85. The minimum absolute atomic E-state index is 0.354. The standard InChI is InChI=1S/C22H31NO2/c1-3-6-19(18-11-13-23-14-12-18)15-17-9-10-21(24-2)22(16-17)25-20-7-4-5-8-20/h9-11,13,16,19-20H,3-8,12,14-15H2,1-2H3. The molecule has 0 spiro atoms. The minimum Gasteiger partial charge on any atom is -0.493 e. The molecule has 1 aromatic carbocycles. The van der Waals surface area contributed by atoms with E-state index >= 15 is 0 Å². The largest absolute Gasteiger partial charge is 0.493 e. The number of methoxy groups -OCH3 is 1. The van der Waals surface area contributed by atoms with Gasteiger partial charge in [0.2, 0.25) is 0 Å². The van der Waals surface area contributed by atoms with Gasteiger partial charge in [0.25, 0.3) is 0 Å². The summed E-state index contributed by atoms with van der Waals surface area (Å²) in [4.78, 5) is 4.33. The van der Waals surface area contributed by atoms with Crippen LogP contribution in [0.1, 0.15) is 57.4 Å². The van der Waals surface area contributed by atoms with E-state index in [0.29, 0.717) is 12.0 Å². The van der Waals surface area contributed by atoms with Crippen LogP contribution in [0.15, 0.2) is 34.8 Å². The van der Waals surface area contributed by atoms with Crippen molar-refractivity contribution < 1.29 is 9.47 Å². The Morgan fingerprint density at radius 1 is 1.20 bits per heavy atom. The molecule has 1 aliphatic carbocycles. The number of ether oxygens (including phenoxy) is 2. The Morgan fingerprint density at radius 2 is 2.04 bits per heavy atom. The molecule has 1 aromatic rings. The van der Waals surface area contributed by atoms with Crippen LogP contribution in [0.2, 0.25) is 0 Å². The molecule has 1 unspecified atom stereocenters. The quantitative estimate of drug-likeness (QED) is 0.636. The molecule has 3 rings (SSSR count). The Hall–Kier alpha value is -1.77. The molecular weight excluding hydrogens is 310 g/mol. The van der Waals surface area contributed by atoms with Gasteiger partial charge in [-0.15, -0.1) is 0 Å². The van der Waals surface area contributed by atoms with Gasteiger partial charge >= 0.3 is 0 Å². The molecule has 3 nitrogen and oxygen atoms in total. The summed E-state index contributed by atoms with van der Waals surface area (Å²) < 4.78 is 11.8. The average Bonchev–Trinajstić information content (AvgIpc) is 3.15. The molecule has 3 heteroatoms. The number of aliphatic imine (C=N–C) groups is 1. The fourth-order valence-electron chi connectivity index (χ4n) is 4.02. The second kappa shape index (κ2) is 9.07. The summed E-state index contributed by atoms with van der Waals surface area (Å²) >= 11 is 0. The predicted octanol–water partition coefficient (Wildman–Crippen LogP) is 5.38. The van der Waals surface area contributed by atoms with Crippen molar-refractivity contribution in [3.05, 3.63) is 35.4 Å². The number of hydrogen-bond acceptors (Lipinski definition) is 3. The van der Waals surface area contributed by atoms with Gasteiger partial charge in [-0.1, -0.05) is 25.0 Å². The lowest BCUT2D eigenvalue weighted by Crippen LogP contribution is -2.13. The van der Waals surface area contributed by atoms with Crippen LogP contribution in [-0.2, 0) is 6.42 Å². The molecule has 0 saturated heterocycles. The van der Waals surface area contributed by atoms with E-state index in [1.54, 1.807) is 12.7 Å². The summed E-state index contributed by atoms with van der Waals surface area (Å²) in [6.07, 6.45) is 14.0. The average molecular weight is 341 g/mol. The summed E-state index contributed by atoms with van der Waals surface area (Å²) in [5.41, 5.74) is 2.89. The molecule has 1 atom stereocenters. The Balaban J connectivity index is 1.75. The number of hydrogen-bond donors (Lipinski definition) is 0. The van der Waals surface area contributed by atoms with Crippen molar-refractivity contribution in [1.82, 2.24) is 0 Å². The lowest BCUT2D eigenvalue weighted by molar-refractivity contribution is 0.200. The molecule has 1 aliphatic heterocycles. The predicted molar refractivity (Wildman–Crippen MR) is 104 cm³/mol. The maximum absolute atomic E-state index is 6.26. The highest BCUT2D eigenvalue weighted by Crippen LogP contribution is 2.34. The Kier molecular flexibility index (Phi) is 6.55. The van der Waals surface area contributed by atoms with Crippen LogP contribution < -0.4 is 9.47 Å². The van der Waals surface area contributed by atoms with Crippen LogP contribution >= 0.6 is 0 Å². The van der Waals surface area contributed by atoms with Crippen molar-refractivity contribution in [3.8, 4) is 11.5 Å². The maximum atomic E-state index is 6.26. The molecule has 0 radical (unpaired) electrons. The zero-order valence-electron chi connectivity index (χ0n) is 15.7. The van der Waals surface area contributed by atoms with Gasteiger partial charge in [-0.25, -0.2) is 0 Å². The van der Waals surface area contributed by atoms with E-state index in [-0.39, 0.29) is 0 Å². The van der Waals surface area contributed by atoms with Gasteiger partial charge in [0.15, 0.2) is 11.5 Å². The van der Waals surface area contributed by atoms with Crippen molar-refractivity contribution in [2.45, 2.75) is 64.4 Å². The summed E-state index contributed by atoms with van der Waals surface area (Å²) in [5.74, 6) is 2.37. The first kappa shape index (κ1) is 18.0. The third-order valence-corrected chi connectivity index (χ3v) is 5.39. The van der Waals surface area contributed by atoms with Gasteiger partial charge in [0, 0.05) is 12.8 Å². The zero-order chi connectivity index (χ0) is 17.5. The third-order valence-electron chi connectivity index (χ3n) is 5.39. The molecule has 1 saturated carbocycles. The van der Waals surface area contributed by atoms with E-state index < -0.39 is 0 Å². The van der Waals surface area contributed by atoms with Crippen LogP contribution in [0.4, 0.5) is 0 Å². The molecule has 136 valence electrons. The monoisotopic (exact) mass is 341 g/mol. The molecule has 0 N–H and O–H groups in total. The van der Waals surface area contributed by atoms with Crippen molar-refractivity contribution >= 4 is 6.21 Å². The first-order chi connectivity index (χ1) is 12.3. The summed E-state index contributed by atoms with van der Waals surface area (Å²) in [6, 6.07) is 6.47. The highest BCUT2D eigenvalue weighted by Gasteiger charge is 2.20. The molecule has 0 aromatic heterocycles.